The van der Waals surface area contributed by atoms with Crippen molar-refractivity contribution >= 4 is 58.3 Å². The molecule has 2 nitrogen and oxygen atoms in total. The standard InChI is InChI=1S/C68H42B2N2/c1-5-21-43(22-6-1)67(44-23-7-2-8-24-44)53-35-17-31-49-47-29-13-15-39-57(47)69-59-41-42-60-62(61(59)51-33-19-37-55(67)65(51)71(69)63(49)53)52-34-20-38-56-66(52)72-64-50(48-30-14-16-40-58(48)70(60)72)32-18-36-54(64)68(56,45-25-9-3-10-26-45)46-27-11-4-12-28-46/h1-42H. The van der Waals surface area contributed by atoms with Crippen LogP contribution in [0.15, 0.2) is 255 Å². The Balaban J connectivity index is 1.06. The summed E-state index contributed by atoms with van der Waals surface area (Å²) in [7, 11) is 0. The number of hydrogen-bond donors (Lipinski definition) is 0. The Morgan fingerprint density at radius 1 is 0.222 bits per heavy atom. The minimum Gasteiger partial charge on any atom is -0.375 e. The van der Waals surface area contributed by atoms with Gasteiger partial charge in [0.25, 0.3) is 0 Å². The maximum absolute atomic E-state index is 2.76. The van der Waals surface area contributed by atoms with Crippen LogP contribution in [0.5, 0.6) is 0 Å². The van der Waals surface area contributed by atoms with E-state index in [0.717, 1.165) is 0 Å². The molecule has 6 aliphatic rings. The van der Waals surface area contributed by atoms with E-state index in [1.165, 1.54) is 134 Å². The largest absolute Gasteiger partial charge is 0.375 e. The second kappa shape index (κ2) is 13.9. The van der Waals surface area contributed by atoms with E-state index >= 15 is 0 Å². The molecule has 11 aromatic rings. The first kappa shape index (κ1) is 38.9. The van der Waals surface area contributed by atoms with Crippen LogP contribution in [0.4, 0.5) is 22.7 Å². The van der Waals surface area contributed by atoms with Gasteiger partial charge in [-0.25, -0.2) is 0 Å². The van der Waals surface area contributed by atoms with Crippen molar-refractivity contribution in [3.63, 3.8) is 0 Å². The fourth-order valence-corrected chi connectivity index (χ4v) is 15.1. The van der Waals surface area contributed by atoms with Crippen molar-refractivity contribution in [2.75, 3.05) is 9.62 Å². The van der Waals surface area contributed by atoms with Gasteiger partial charge in [0.1, 0.15) is 0 Å². The number of para-hydroxylation sites is 4. The maximum atomic E-state index is 2.76. The van der Waals surface area contributed by atoms with Crippen molar-refractivity contribution in [3.8, 4) is 44.5 Å². The number of fused-ring (bicyclic) bond motifs is 13. The number of rotatable bonds is 4. The first-order valence-corrected chi connectivity index (χ1v) is 25.5. The van der Waals surface area contributed by atoms with Crippen LogP contribution in [0, 0.1) is 0 Å². The van der Waals surface area contributed by atoms with Crippen molar-refractivity contribution in [3.05, 3.63) is 299 Å². The van der Waals surface area contributed by atoms with Gasteiger partial charge in [0.05, 0.1) is 10.8 Å². The fraction of sp³-hybridized carbons (Fsp3) is 0.0294. The Hall–Kier alpha value is -8.85. The lowest BCUT2D eigenvalue weighted by molar-refractivity contribution is 0.734. The van der Waals surface area contributed by atoms with Crippen molar-refractivity contribution in [1.82, 2.24) is 0 Å². The molecule has 0 spiro atoms. The number of anilines is 4. The van der Waals surface area contributed by atoms with Gasteiger partial charge in [0.15, 0.2) is 0 Å². The third-order valence-electron chi connectivity index (χ3n) is 17.6. The van der Waals surface area contributed by atoms with Gasteiger partial charge in [-0.3, -0.25) is 0 Å². The van der Waals surface area contributed by atoms with Crippen molar-refractivity contribution < 1.29 is 0 Å². The molecule has 0 N–H and O–H groups in total. The number of nitrogens with zero attached hydrogens (tertiary/aromatic N) is 2. The number of hydrogen-bond acceptors (Lipinski definition) is 2. The Morgan fingerprint density at radius 2 is 0.500 bits per heavy atom. The van der Waals surface area contributed by atoms with E-state index in [2.05, 4.69) is 264 Å². The molecular formula is C68H42B2N2. The first-order valence-electron chi connectivity index (χ1n) is 25.5. The molecular weight excluding hydrogens is 866 g/mol. The first-order chi connectivity index (χ1) is 35.8. The normalized spacial score (nSPS) is 15.3. The summed E-state index contributed by atoms with van der Waals surface area (Å²) in [5, 5.41) is 0. The van der Waals surface area contributed by atoms with Gasteiger partial charge in [-0.2, -0.15) is 0 Å². The highest BCUT2D eigenvalue weighted by Gasteiger charge is 2.57. The van der Waals surface area contributed by atoms with Crippen LogP contribution in [-0.4, -0.2) is 13.7 Å². The molecule has 330 valence electrons. The summed E-state index contributed by atoms with van der Waals surface area (Å²) in [6.07, 6.45) is 0. The zero-order valence-electron chi connectivity index (χ0n) is 39.3. The molecule has 0 atom stereocenters. The second-order valence-corrected chi connectivity index (χ2v) is 20.5. The van der Waals surface area contributed by atoms with Crippen LogP contribution in [-0.2, 0) is 10.8 Å². The molecule has 0 aliphatic carbocycles. The third kappa shape index (κ3) is 4.48. The Kier molecular flexibility index (Phi) is 7.53. The van der Waals surface area contributed by atoms with E-state index in [9.17, 15) is 0 Å². The van der Waals surface area contributed by atoms with Gasteiger partial charge in [-0.15, -0.1) is 0 Å². The lowest BCUT2D eigenvalue weighted by atomic mass is 9.38. The van der Waals surface area contributed by atoms with E-state index < -0.39 is 10.8 Å². The van der Waals surface area contributed by atoms with Crippen molar-refractivity contribution in [1.29, 1.82) is 0 Å². The summed E-state index contributed by atoms with van der Waals surface area (Å²) in [4.78, 5) is 5.53. The van der Waals surface area contributed by atoms with Crippen LogP contribution in [0.1, 0.15) is 44.5 Å². The van der Waals surface area contributed by atoms with Gasteiger partial charge in [-0.05, 0) is 88.6 Å². The predicted octanol–water partition coefficient (Wildman–Crippen LogP) is 12.9. The van der Waals surface area contributed by atoms with Crippen LogP contribution < -0.4 is 31.5 Å². The molecule has 0 saturated heterocycles. The van der Waals surface area contributed by atoms with E-state index in [-0.39, 0.29) is 13.7 Å². The average molecular weight is 909 g/mol. The molecule has 0 saturated carbocycles. The summed E-state index contributed by atoms with van der Waals surface area (Å²) in [5.41, 5.74) is 30.2. The second-order valence-electron chi connectivity index (χ2n) is 20.5. The quantitative estimate of drug-likeness (QED) is 0.162. The summed E-state index contributed by atoms with van der Waals surface area (Å²) in [6.45, 7) is -0.130. The van der Waals surface area contributed by atoms with Crippen LogP contribution in [0.2, 0.25) is 0 Å². The van der Waals surface area contributed by atoms with Gasteiger partial charge in [-0.1, -0.05) is 255 Å². The van der Waals surface area contributed by atoms with Crippen LogP contribution in [0.3, 0.4) is 0 Å². The lowest BCUT2D eigenvalue weighted by Gasteiger charge is -2.55. The monoisotopic (exact) mass is 908 g/mol. The summed E-state index contributed by atoms with van der Waals surface area (Å²) >= 11 is 0. The van der Waals surface area contributed by atoms with Gasteiger partial charge in [0, 0.05) is 45.0 Å². The molecule has 0 radical (unpaired) electrons. The minimum absolute atomic E-state index is 0.0652. The highest BCUT2D eigenvalue weighted by molar-refractivity contribution is 6.95. The molecule has 0 aromatic heterocycles. The van der Waals surface area contributed by atoms with Crippen LogP contribution in [0.25, 0.3) is 44.5 Å². The van der Waals surface area contributed by atoms with E-state index in [1.54, 1.807) is 0 Å². The molecule has 6 heterocycles. The minimum atomic E-state index is -0.602. The molecule has 17 rings (SSSR count). The zero-order valence-corrected chi connectivity index (χ0v) is 39.3. The summed E-state index contributed by atoms with van der Waals surface area (Å²) < 4.78 is 0. The van der Waals surface area contributed by atoms with Gasteiger partial charge >= 0.3 is 13.7 Å². The summed E-state index contributed by atoms with van der Waals surface area (Å²) in [5.74, 6) is 0. The molecule has 0 unspecified atom stereocenters. The molecule has 11 aromatic carbocycles. The molecule has 0 fully saturated rings. The van der Waals surface area contributed by atoms with E-state index in [4.69, 9.17) is 0 Å². The van der Waals surface area contributed by atoms with E-state index in [0.29, 0.717) is 0 Å². The molecule has 4 heteroatoms. The average Bonchev–Trinajstić information content (AvgIpc) is 3.46. The molecule has 6 aliphatic heterocycles. The lowest BCUT2D eigenvalue weighted by Crippen LogP contribution is -2.64. The zero-order chi connectivity index (χ0) is 46.9. The fourth-order valence-electron chi connectivity index (χ4n) is 15.1. The van der Waals surface area contributed by atoms with Crippen molar-refractivity contribution in [2.24, 2.45) is 0 Å². The SMILES string of the molecule is c1ccc(C2(c3ccccc3)c3cccc4c3N3B(c5ccccc5-4)c4ccc5c(c4-c4cccc2c43)-c2cccc3c2N2B5c4ccccc4-c4cccc(c42)C3(c2ccccc2)c2ccccc2)cc1. The Morgan fingerprint density at radius 3 is 0.847 bits per heavy atom. The van der Waals surface area contributed by atoms with Crippen molar-refractivity contribution in [2.45, 2.75) is 10.8 Å². The highest BCUT2D eigenvalue weighted by Crippen LogP contribution is 2.65. The smallest absolute Gasteiger partial charge is 0.329 e. The third-order valence-corrected chi connectivity index (χ3v) is 17.6. The predicted molar refractivity (Wildman–Crippen MR) is 299 cm³/mol. The Bertz CT molecular complexity index is 3780. The van der Waals surface area contributed by atoms with Gasteiger partial charge in [0.2, 0.25) is 0 Å². The molecule has 72 heavy (non-hydrogen) atoms. The van der Waals surface area contributed by atoms with E-state index in [1.807, 2.05) is 0 Å². The molecule has 0 amide bonds. The number of benzene rings is 11. The van der Waals surface area contributed by atoms with Crippen LogP contribution >= 0.6 is 0 Å². The Labute approximate surface area is 420 Å². The summed E-state index contributed by atoms with van der Waals surface area (Å²) in [6, 6.07) is 97.5. The molecule has 0 bridgehead atoms. The topological polar surface area (TPSA) is 6.48 Å². The highest BCUT2D eigenvalue weighted by atomic mass is 15.1. The van der Waals surface area contributed by atoms with Gasteiger partial charge < -0.3 is 9.62 Å². The maximum Gasteiger partial charge on any atom is 0.329 e.